The summed E-state index contributed by atoms with van der Waals surface area (Å²) in [7, 11) is 0. The van der Waals surface area contributed by atoms with Crippen LogP contribution >= 0.6 is 0 Å². The van der Waals surface area contributed by atoms with Gasteiger partial charge in [0.1, 0.15) is 0 Å². The first kappa shape index (κ1) is 13.0. The van der Waals surface area contributed by atoms with E-state index < -0.39 is 0 Å². The predicted molar refractivity (Wildman–Crippen MR) is 65.1 cm³/mol. The zero-order chi connectivity index (χ0) is 10.9. The third-order valence-electron chi connectivity index (χ3n) is 3.10. The molecule has 1 aliphatic carbocycles. The molecule has 0 aromatic carbocycles. The Hall–Kier alpha value is -0.0800. The summed E-state index contributed by atoms with van der Waals surface area (Å²) < 4.78 is 5.57. The molecule has 0 aromatic rings. The van der Waals surface area contributed by atoms with E-state index >= 15 is 0 Å². The van der Waals surface area contributed by atoms with Gasteiger partial charge in [-0.1, -0.05) is 20.3 Å². The average molecular weight is 213 g/mol. The highest BCUT2D eigenvalue weighted by Gasteiger charge is 2.29. The minimum atomic E-state index is 0.768. The molecule has 1 fully saturated rings. The van der Waals surface area contributed by atoms with E-state index in [0.29, 0.717) is 0 Å². The third kappa shape index (κ3) is 6.16. The van der Waals surface area contributed by atoms with Gasteiger partial charge in [0.2, 0.25) is 0 Å². The highest BCUT2D eigenvalue weighted by Crippen LogP contribution is 2.34. The third-order valence-corrected chi connectivity index (χ3v) is 3.10. The Morgan fingerprint density at radius 3 is 2.53 bits per heavy atom. The summed E-state index contributed by atoms with van der Waals surface area (Å²) in [4.78, 5) is 0. The van der Waals surface area contributed by atoms with Gasteiger partial charge in [-0.2, -0.15) is 0 Å². The van der Waals surface area contributed by atoms with Crippen molar-refractivity contribution in [3.8, 4) is 0 Å². The van der Waals surface area contributed by atoms with Crippen LogP contribution in [-0.4, -0.2) is 25.8 Å². The summed E-state index contributed by atoms with van der Waals surface area (Å²) in [5.74, 6) is 0.973. The van der Waals surface area contributed by atoms with E-state index in [-0.39, 0.29) is 0 Å². The summed E-state index contributed by atoms with van der Waals surface area (Å²) >= 11 is 0. The smallest absolute Gasteiger partial charge is 0.0466 e. The lowest BCUT2D eigenvalue weighted by molar-refractivity contribution is 0.124. The Kier molecular flexibility index (Phi) is 7.03. The molecule has 1 unspecified atom stereocenters. The number of ether oxygens (including phenoxy) is 1. The molecule has 0 aromatic heterocycles. The Labute approximate surface area is 94.8 Å². The quantitative estimate of drug-likeness (QED) is 0.563. The fraction of sp³-hybridized carbons (Fsp3) is 1.00. The molecule has 90 valence electrons. The van der Waals surface area contributed by atoms with Gasteiger partial charge in [0.15, 0.2) is 0 Å². The Bertz CT molecular complexity index is 145. The van der Waals surface area contributed by atoms with Crippen molar-refractivity contribution in [3.63, 3.8) is 0 Å². The van der Waals surface area contributed by atoms with E-state index in [1.165, 1.54) is 38.5 Å². The van der Waals surface area contributed by atoms with Crippen LogP contribution in [0.25, 0.3) is 0 Å². The number of rotatable bonds is 10. The normalized spacial score (nSPS) is 18.0. The fourth-order valence-electron chi connectivity index (χ4n) is 2.02. The molecule has 0 spiro atoms. The fourth-order valence-corrected chi connectivity index (χ4v) is 2.02. The summed E-state index contributed by atoms with van der Waals surface area (Å²) in [6.45, 7) is 7.42. The van der Waals surface area contributed by atoms with Crippen molar-refractivity contribution in [3.05, 3.63) is 0 Å². The summed E-state index contributed by atoms with van der Waals surface area (Å²) in [6.07, 6.45) is 7.84. The van der Waals surface area contributed by atoms with Gasteiger partial charge >= 0.3 is 0 Å². The molecule has 1 atom stereocenters. The molecule has 0 saturated heterocycles. The first-order chi connectivity index (χ1) is 7.38. The van der Waals surface area contributed by atoms with Crippen molar-refractivity contribution in [2.45, 2.75) is 58.4 Å². The van der Waals surface area contributed by atoms with Gasteiger partial charge in [-0.15, -0.1) is 0 Å². The first-order valence-electron chi connectivity index (χ1n) is 6.69. The Balaban J connectivity index is 1.92. The van der Waals surface area contributed by atoms with Crippen LogP contribution in [-0.2, 0) is 4.74 Å². The SMILES string of the molecule is CCCCOCCCC(NCC)C1CC1. The molecule has 2 nitrogen and oxygen atoms in total. The van der Waals surface area contributed by atoms with Crippen LogP contribution < -0.4 is 5.32 Å². The summed E-state index contributed by atoms with van der Waals surface area (Å²) in [5.41, 5.74) is 0. The molecule has 0 amide bonds. The number of hydrogen-bond acceptors (Lipinski definition) is 2. The maximum Gasteiger partial charge on any atom is 0.0466 e. The first-order valence-corrected chi connectivity index (χ1v) is 6.69. The van der Waals surface area contributed by atoms with Crippen molar-refractivity contribution >= 4 is 0 Å². The second kappa shape index (κ2) is 8.12. The topological polar surface area (TPSA) is 21.3 Å². The summed E-state index contributed by atoms with van der Waals surface area (Å²) in [5, 5.41) is 3.59. The van der Waals surface area contributed by atoms with Crippen molar-refractivity contribution < 1.29 is 4.74 Å². The summed E-state index contributed by atoms with van der Waals surface area (Å²) in [6, 6.07) is 0.768. The minimum Gasteiger partial charge on any atom is -0.381 e. The van der Waals surface area contributed by atoms with E-state index in [1.807, 2.05) is 0 Å². The van der Waals surface area contributed by atoms with Crippen molar-refractivity contribution in [2.75, 3.05) is 19.8 Å². The number of nitrogens with one attached hydrogen (secondary N) is 1. The van der Waals surface area contributed by atoms with Crippen LogP contribution in [0.3, 0.4) is 0 Å². The van der Waals surface area contributed by atoms with E-state index in [9.17, 15) is 0 Å². The predicted octanol–water partition coefficient (Wildman–Crippen LogP) is 2.97. The van der Waals surface area contributed by atoms with E-state index in [2.05, 4.69) is 19.2 Å². The largest absolute Gasteiger partial charge is 0.381 e. The van der Waals surface area contributed by atoms with Gasteiger partial charge in [0.25, 0.3) is 0 Å². The Morgan fingerprint density at radius 1 is 1.20 bits per heavy atom. The van der Waals surface area contributed by atoms with Crippen LogP contribution in [0.4, 0.5) is 0 Å². The lowest BCUT2D eigenvalue weighted by atomic mass is 10.1. The second-order valence-electron chi connectivity index (χ2n) is 4.61. The van der Waals surface area contributed by atoms with Crippen molar-refractivity contribution in [1.29, 1.82) is 0 Å². The van der Waals surface area contributed by atoms with Crippen LogP contribution in [0.5, 0.6) is 0 Å². The number of unbranched alkanes of at least 4 members (excludes halogenated alkanes) is 1. The standard InChI is InChI=1S/C13H27NO/c1-3-5-10-15-11-6-7-13(14-4-2)12-8-9-12/h12-14H,3-11H2,1-2H3. The number of hydrogen-bond donors (Lipinski definition) is 1. The van der Waals surface area contributed by atoms with Crippen LogP contribution in [0.15, 0.2) is 0 Å². The van der Waals surface area contributed by atoms with Crippen LogP contribution in [0.1, 0.15) is 52.4 Å². The molecular formula is C13H27NO. The van der Waals surface area contributed by atoms with Crippen LogP contribution in [0.2, 0.25) is 0 Å². The molecular weight excluding hydrogens is 186 g/mol. The minimum absolute atomic E-state index is 0.768. The lowest BCUT2D eigenvalue weighted by Gasteiger charge is -2.16. The zero-order valence-corrected chi connectivity index (χ0v) is 10.4. The molecule has 2 heteroatoms. The van der Waals surface area contributed by atoms with E-state index in [4.69, 9.17) is 4.74 Å². The Morgan fingerprint density at radius 2 is 1.93 bits per heavy atom. The van der Waals surface area contributed by atoms with Crippen molar-refractivity contribution in [2.24, 2.45) is 5.92 Å². The van der Waals surface area contributed by atoms with Gasteiger partial charge < -0.3 is 10.1 Å². The molecule has 1 saturated carbocycles. The lowest BCUT2D eigenvalue weighted by Crippen LogP contribution is -2.31. The molecule has 0 bridgehead atoms. The maximum absolute atomic E-state index is 5.57. The molecule has 15 heavy (non-hydrogen) atoms. The highest BCUT2D eigenvalue weighted by atomic mass is 16.5. The second-order valence-corrected chi connectivity index (χ2v) is 4.61. The molecule has 0 aliphatic heterocycles. The zero-order valence-electron chi connectivity index (χ0n) is 10.4. The maximum atomic E-state index is 5.57. The molecule has 1 aliphatic rings. The monoisotopic (exact) mass is 213 g/mol. The molecule has 1 N–H and O–H groups in total. The van der Waals surface area contributed by atoms with E-state index in [0.717, 1.165) is 31.7 Å². The molecule has 0 radical (unpaired) electrons. The van der Waals surface area contributed by atoms with Gasteiger partial charge in [0, 0.05) is 19.3 Å². The van der Waals surface area contributed by atoms with Gasteiger partial charge in [0.05, 0.1) is 0 Å². The van der Waals surface area contributed by atoms with Crippen LogP contribution in [0, 0.1) is 5.92 Å². The average Bonchev–Trinajstić information content (AvgIpc) is 3.05. The van der Waals surface area contributed by atoms with Gasteiger partial charge in [-0.25, -0.2) is 0 Å². The van der Waals surface area contributed by atoms with Gasteiger partial charge in [-0.3, -0.25) is 0 Å². The molecule has 1 rings (SSSR count). The highest BCUT2D eigenvalue weighted by molar-refractivity contribution is 4.85. The van der Waals surface area contributed by atoms with Crippen molar-refractivity contribution in [1.82, 2.24) is 5.32 Å². The van der Waals surface area contributed by atoms with Gasteiger partial charge in [-0.05, 0) is 44.6 Å². The van der Waals surface area contributed by atoms with E-state index in [1.54, 1.807) is 0 Å². The molecule has 0 heterocycles.